The Morgan fingerprint density at radius 3 is 2.67 bits per heavy atom. The number of carbonyl (C=O) groups is 2. The van der Waals surface area contributed by atoms with Crippen molar-refractivity contribution in [2.24, 2.45) is 0 Å². The summed E-state index contributed by atoms with van der Waals surface area (Å²) in [7, 11) is -0.879. The van der Waals surface area contributed by atoms with Gasteiger partial charge in [0.2, 0.25) is 0 Å². The fourth-order valence-electron chi connectivity index (χ4n) is 1.25. The van der Waals surface area contributed by atoms with Crippen LogP contribution in [-0.4, -0.2) is 44.7 Å². The lowest BCUT2D eigenvalue weighted by atomic mass is 10.3. The Morgan fingerprint density at radius 1 is 1.39 bits per heavy atom. The molecule has 0 spiro atoms. The summed E-state index contributed by atoms with van der Waals surface area (Å²) in [6, 6.07) is 4.23. The highest BCUT2D eigenvalue weighted by Crippen LogP contribution is 1.99. The van der Waals surface area contributed by atoms with E-state index in [1.54, 1.807) is 6.26 Å². The molecule has 1 aromatic heterocycles. The molecule has 0 saturated heterocycles. The van der Waals surface area contributed by atoms with E-state index in [9.17, 15) is 13.8 Å². The lowest BCUT2D eigenvalue weighted by Crippen LogP contribution is -2.26. The van der Waals surface area contributed by atoms with E-state index in [4.69, 9.17) is 5.11 Å². The van der Waals surface area contributed by atoms with Crippen LogP contribution in [0.1, 0.15) is 27.4 Å². The van der Waals surface area contributed by atoms with Gasteiger partial charge in [-0.2, -0.15) is 0 Å². The molecule has 1 heterocycles. The van der Waals surface area contributed by atoms with Gasteiger partial charge < -0.3 is 10.4 Å². The number of nitrogens with zero attached hydrogens (tertiary/aromatic N) is 1. The van der Waals surface area contributed by atoms with Gasteiger partial charge in [0.25, 0.3) is 5.91 Å². The van der Waals surface area contributed by atoms with Crippen molar-refractivity contribution in [3.63, 3.8) is 0 Å². The smallest absolute Gasteiger partial charge is 0.354 e. The van der Waals surface area contributed by atoms with Gasteiger partial charge >= 0.3 is 5.97 Å². The number of carboxylic acids is 1. The highest BCUT2D eigenvalue weighted by atomic mass is 32.2. The standard InChI is InChI=1S/C11H14N2O4S/c1-18(17)7-3-6-12-10(14)8-4-2-5-9(13-8)11(15)16/h2,4-5H,3,6-7H2,1H3,(H,12,14)(H,15,16). The van der Waals surface area contributed by atoms with E-state index < -0.39 is 22.7 Å². The largest absolute Gasteiger partial charge is 0.477 e. The molecule has 0 aromatic carbocycles. The summed E-state index contributed by atoms with van der Waals surface area (Å²) < 4.78 is 10.8. The first-order chi connectivity index (χ1) is 8.50. The second-order valence-corrected chi connectivity index (χ2v) is 5.15. The molecule has 0 aliphatic heterocycles. The second kappa shape index (κ2) is 6.85. The van der Waals surface area contributed by atoms with Gasteiger partial charge in [0.1, 0.15) is 11.4 Å². The Kier molecular flexibility index (Phi) is 5.44. The molecular formula is C11H14N2O4S. The molecule has 1 aromatic rings. The van der Waals surface area contributed by atoms with Crippen molar-refractivity contribution in [1.82, 2.24) is 10.3 Å². The minimum Gasteiger partial charge on any atom is -0.477 e. The van der Waals surface area contributed by atoms with E-state index in [1.807, 2.05) is 0 Å². The lowest BCUT2D eigenvalue weighted by Gasteiger charge is -2.04. The van der Waals surface area contributed by atoms with Gasteiger partial charge in [-0.15, -0.1) is 0 Å². The zero-order valence-electron chi connectivity index (χ0n) is 9.88. The molecule has 7 heteroatoms. The molecule has 1 atom stereocenters. The molecule has 0 aliphatic rings. The van der Waals surface area contributed by atoms with Crippen LogP contribution in [0.15, 0.2) is 18.2 Å². The highest BCUT2D eigenvalue weighted by Gasteiger charge is 2.10. The van der Waals surface area contributed by atoms with Gasteiger partial charge in [-0.1, -0.05) is 6.07 Å². The first-order valence-electron chi connectivity index (χ1n) is 5.29. The third-order valence-corrected chi connectivity index (χ3v) is 2.96. The Labute approximate surface area is 107 Å². The predicted molar refractivity (Wildman–Crippen MR) is 67.1 cm³/mol. The quantitative estimate of drug-likeness (QED) is 0.724. The zero-order valence-corrected chi connectivity index (χ0v) is 10.7. The maximum atomic E-state index is 11.6. The number of nitrogens with one attached hydrogen (secondary N) is 1. The summed E-state index contributed by atoms with van der Waals surface area (Å²) >= 11 is 0. The number of hydrogen-bond donors (Lipinski definition) is 2. The topological polar surface area (TPSA) is 96.4 Å². The third-order valence-electron chi connectivity index (χ3n) is 2.09. The molecule has 18 heavy (non-hydrogen) atoms. The summed E-state index contributed by atoms with van der Waals surface area (Å²) in [6.07, 6.45) is 2.20. The summed E-state index contributed by atoms with van der Waals surface area (Å²) in [5, 5.41) is 11.3. The minimum absolute atomic E-state index is 0.0625. The number of amides is 1. The molecule has 0 aliphatic carbocycles. The number of rotatable bonds is 6. The number of carbonyl (C=O) groups excluding carboxylic acids is 1. The van der Waals surface area contributed by atoms with Gasteiger partial charge in [-0.25, -0.2) is 9.78 Å². The number of aromatic nitrogens is 1. The average Bonchev–Trinajstić information content (AvgIpc) is 2.34. The van der Waals surface area contributed by atoms with Gasteiger partial charge in [-0.3, -0.25) is 9.00 Å². The number of carboxylic acid groups (broad SMARTS) is 1. The van der Waals surface area contributed by atoms with Gasteiger partial charge in [-0.05, 0) is 18.6 Å². The van der Waals surface area contributed by atoms with Crippen LogP contribution in [0.25, 0.3) is 0 Å². The number of pyridine rings is 1. The van der Waals surface area contributed by atoms with Crippen molar-refractivity contribution in [3.05, 3.63) is 29.6 Å². The molecule has 0 radical (unpaired) electrons. The Bertz CT molecular complexity index is 476. The van der Waals surface area contributed by atoms with Crippen molar-refractivity contribution in [1.29, 1.82) is 0 Å². The second-order valence-electron chi connectivity index (χ2n) is 3.60. The van der Waals surface area contributed by atoms with Crippen LogP contribution < -0.4 is 5.32 Å². The number of hydrogen-bond acceptors (Lipinski definition) is 4. The van der Waals surface area contributed by atoms with E-state index in [0.717, 1.165) is 0 Å². The van der Waals surface area contributed by atoms with Crippen molar-refractivity contribution < 1.29 is 18.9 Å². The van der Waals surface area contributed by atoms with Crippen molar-refractivity contribution in [3.8, 4) is 0 Å². The van der Waals surface area contributed by atoms with Crippen molar-refractivity contribution in [2.75, 3.05) is 18.6 Å². The van der Waals surface area contributed by atoms with E-state index in [0.29, 0.717) is 18.7 Å². The Hall–Kier alpha value is -1.76. The first-order valence-corrected chi connectivity index (χ1v) is 7.02. The van der Waals surface area contributed by atoms with Gasteiger partial charge in [0.05, 0.1) is 0 Å². The average molecular weight is 270 g/mol. The molecular weight excluding hydrogens is 256 g/mol. The zero-order chi connectivity index (χ0) is 13.5. The van der Waals surface area contributed by atoms with E-state index in [-0.39, 0.29) is 11.4 Å². The summed E-state index contributed by atoms with van der Waals surface area (Å²) in [5.41, 5.74) is -0.107. The van der Waals surface area contributed by atoms with E-state index in [1.165, 1.54) is 18.2 Å². The molecule has 1 rings (SSSR count). The van der Waals surface area contributed by atoms with Crippen molar-refractivity contribution >= 4 is 22.7 Å². The number of aromatic carboxylic acids is 1. The third kappa shape index (κ3) is 4.62. The van der Waals surface area contributed by atoms with Crippen molar-refractivity contribution in [2.45, 2.75) is 6.42 Å². The van der Waals surface area contributed by atoms with Crippen LogP contribution in [0, 0.1) is 0 Å². The maximum Gasteiger partial charge on any atom is 0.354 e. The molecule has 1 amide bonds. The fourth-order valence-corrected chi connectivity index (χ4v) is 1.80. The van der Waals surface area contributed by atoms with Gasteiger partial charge in [0.15, 0.2) is 0 Å². The molecule has 0 saturated carbocycles. The molecule has 0 fully saturated rings. The Morgan fingerprint density at radius 2 is 2.06 bits per heavy atom. The van der Waals surface area contributed by atoms with Gasteiger partial charge in [0, 0.05) is 29.4 Å². The minimum atomic E-state index is -1.17. The van der Waals surface area contributed by atoms with Crippen LogP contribution in [0.4, 0.5) is 0 Å². The first kappa shape index (κ1) is 14.3. The van der Waals surface area contributed by atoms with E-state index in [2.05, 4.69) is 10.3 Å². The lowest BCUT2D eigenvalue weighted by molar-refractivity contribution is 0.0690. The molecule has 98 valence electrons. The molecule has 2 N–H and O–H groups in total. The predicted octanol–water partition coefficient (Wildman–Crippen LogP) is 0.278. The summed E-state index contributed by atoms with van der Waals surface area (Å²) in [5.74, 6) is -1.09. The summed E-state index contributed by atoms with van der Waals surface area (Å²) in [6.45, 7) is 0.386. The molecule has 1 unspecified atom stereocenters. The fraction of sp³-hybridized carbons (Fsp3) is 0.364. The molecule has 6 nitrogen and oxygen atoms in total. The SMILES string of the molecule is CS(=O)CCCNC(=O)c1cccc(C(=O)O)n1. The molecule has 0 bridgehead atoms. The monoisotopic (exact) mass is 270 g/mol. The van der Waals surface area contributed by atoms with Crippen LogP contribution >= 0.6 is 0 Å². The summed E-state index contributed by atoms with van der Waals surface area (Å²) in [4.78, 5) is 26.0. The maximum absolute atomic E-state index is 11.6. The Balaban J connectivity index is 2.53. The van der Waals surface area contributed by atoms with Crippen LogP contribution in [0.2, 0.25) is 0 Å². The van der Waals surface area contributed by atoms with Crippen LogP contribution in [0.3, 0.4) is 0 Å². The normalized spacial score (nSPS) is 11.8. The highest BCUT2D eigenvalue weighted by molar-refractivity contribution is 7.84. The van der Waals surface area contributed by atoms with Crippen LogP contribution in [0.5, 0.6) is 0 Å². The van der Waals surface area contributed by atoms with E-state index >= 15 is 0 Å². The van der Waals surface area contributed by atoms with Crippen LogP contribution in [-0.2, 0) is 10.8 Å².